The highest BCUT2D eigenvalue weighted by molar-refractivity contribution is 5.85. The number of benzene rings is 1. The molecule has 4 heteroatoms. The molecule has 0 spiro atoms. The summed E-state index contributed by atoms with van der Waals surface area (Å²) >= 11 is 0. The lowest BCUT2D eigenvalue weighted by molar-refractivity contribution is 0.668. The number of hydrogen-bond acceptors (Lipinski definition) is 2. The van der Waals surface area contributed by atoms with Crippen LogP contribution in [0.2, 0.25) is 0 Å². The van der Waals surface area contributed by atoms with E-state index >= 15 is 0 Å². The van der Waals surface area contributed by atoms with Gasteiger partial charge in [0.2, 0.25) is 0 Å². The second-order valence-corrected chi connectivity index (χ2v) is 4.21. The van der Waals surface area contributed by atoms with E-state index < -0.39 is 0 Å². The minimum atomic E-state index is 0. The van der Waals surface area contributed by atoms with Gasteiger partial charge in [0.15, 0.2) is 0 Å². The number of aromatic nitrogens is 2. The average Bonchev–Trinajstić information content (AvgIpc) is 2.79. The maximum Gasteiger partial charge on any atom is 0.0659 e. The van der Waals surface area contributed by atoms with Crippen molar-refractivity contribution in [2.45, 2.75) is 26.4 Å². The molecule has 0 atom stereocenters. The molecule has 1 aromatic heterocycles. The van der Waals surface area contributed by atoms with Gasteiger partial charge in [0.1, 0.15) is 0 Å². The van der Waals surface area contributed by atoms with Crippen LogP contribution in [0.1, 0.15) is 24.5 Å². The lowest BCUT2D eigenvalue weighted by Gasteiger charge is -2.01. The molecule has 0 unspecified atom stereocenters. The molecular weight excluding hydrogens is 246 g/mol. The van der Waals surface area contributed by atoms with Crippen molar-refractivity contribution in [3.05, 3.63) is 53.9 Å². The Kier molecular flexibility index (Phi) is 6.47. The Bertz CT molecular complexity index is 439. The summed E-state index contributed by atoms with van der Waals surface area (Å²) < 4.78 is 1.98. The van der Waals surface area contributed by atoms with Crippen LogP contribution in [0, 0.1) is 0 Å². The van der Waals surface area contributed by atoms with Gasteiger partial charge in [-0.05, 0) is 18.5 Å². The van der Waals surface area contributed by atoms with Crippen LogP contribution in [0.5, 0.6) is 0 Å². The molecule has 0 aliphatic carbocycles. The quantitative estimate of drug-likeness (QED) is 0.814. The van der Waals surface area contributed by atoms with Crippen molar-refractivity contribution in [3.63, 3.8) is 0 Å². The molecule has 0 radical (unpaired) electrons. The van der Waals surface area contributed by atoms with Crippen LogP contribution in [-0.2, 0) is 13.1 Å². The van der Waals surface area contributed by atoms with Crippen molar-refractivity contribution in [1.29, 1.82) is 0 Å². The molecule has 1 aromatic carbocycles. The molecule has 1 N–H and O–H groups in total. The van der Waals surface area contributed by atoms with Crippen molar-refractivity contribution >= 4 is 12.4 Å². The zero-order valence-electron chi connectivity index (χ0n) is 10.7. The van der Waals surface area contributed by atoms with Gasteiger partial charge in [-0.25, -0.2) is 0 Å². The highest BCUT2D eigenvalue weighted by Gasteiger charge is 1.98. The summed E-state index contributed by atoms with van der Waals surface area (Å²) in [4.78, 5) is 0. The number of rotatable bonds is 6. The maximum atomic E-state index is 4.37. The maximum absolute atomic E-state index is 4.37. The first kappa shape index (κ1) is 14.7. The standard InChI is InChI=1S/C14H19N3.ClH/c1-2-8-15-9-14-10-16-17(12-14)11-13-6-4-3-5-7-13;/h3-7,10,12,15H,2,8-9,11H2,1H3;1H. The third-order valence-electron chi connectivity index (χ3n) is 2.63. The Morgan fingerprint density at radius 3 is 2.67 bits per heavy atom. The van der Waals surface area contributed by atoms with E-state index in [1.807, 2.05) is 16.9 Å². The topological polar surface area (TPSA) is 29.9 Å². The van der Waals surface area contributed by atoms with Gasteiger partial charge in [-0.15, -0.1) is 12.4 Å². The van der Waals surface area contributed by atoms with E-state index in [2.05, 4.69) is 47.8 Å². The van der Waals surface area contributed by atoms with Gasteiger partial charge in [0.05, 0.1) is 12.7 Å². The monoisotopic (exact) mass is 265 g/mol. The Balaban J connectivity index is 0.00000162. The average molecular weight is 266 g/mol. The molecular formula is C14H20ClN3. The zero-order chi connectivity index (χ0) is 11.9. The fraction of sp³-hybridized carbons (Fsp3) is 0.357. The van der Waals surface area contributed by atoms with E-state index in [9.17, 15) is 0 Å². The highest BCUT2D eigenvalue weighted by atomic mass is 35.5. The summed E-state index contributed by atoms with van der Waals surface area (Å²) in [5.41, 5.74) is 2.53. The fourth-order valence-corrected chi connectivity index (χ4v) is 1.76. The minimum absolute atomic E-state index is 0. The molecule has 3 nitrogen and oxygen atoms in total. The highest BCUT2D eigenvalue weighted by Crippen LogP contribution is 2.03. The number of nitrogens with one attached hydrogen (secondary N) is 1. The lowest BCUT2D eigenvalue weighted by Crippen LogP contribution is -2.13. The molecule has 0 fully saturated rings. The Morgan fingerprint density at radius 1 is 1.17 bits per heavy atom. The molecule has 18 heavy (non-hydrogen) atoms. The number of halogens is 1. The Hall–Kier alpha value is -1.32. The summed E-state index contributed by atoms with van der Waals surface area (Å²) in [7, 11) is 0. The second-order valence-electron chi connectivity index (χ2n) is 4.21. The van der Waals surface area contributed by atoms with Crippen molar-refractivity contribution in [2.75, 3.05) is 6.54 Å². The molecule has 0 bridgehead atoms. The van der Waals surface area contributed by atoms with Gasteiger partial charge in [-0.3, -0.25) is 4.68 Å². The Labute approximate surface area is 115 Å². The van der Waals surface area contributed by atoms with E-state index in [0.29, 0.717) is 0 Å². The number of hydrogen-bond donors (Lipinski definition) is 1. The van der Waals surface area contributed by atoms with Gasteiger partial charge < -0.3 is 5.32 Å². The van der Waals surface area contributed by atoms with Gasteiger partial charge in [-0.2, -0.15) is 5.10 Å². The first-order chi connectivity index (χ1) is 8.38. The van der Waals surface area contributed by atoms with E-state index in [-0.39, 0.29) is 12.4 Å². The van der Waals surface area contributed by atoms with Gasteiger partial charge in [-0.1, -0.05) is 37.3 Å². The fourth-order valence-electron chi connectivity index (χ4n) is 1.76. The Morgan fingerprint density at radius 2 is 1.94 bits per heavy atom. The summed E-state index contributed by atoms with van der Waals surface area (Å²) in [5, 5.41) is 7.74. The molecule has 0 amide bonds. The van der Waals surface area contributed by atoms with Crippen LogP contribution in [0.25, 0.3) is 0 Å². The minimum Gasteiger partial charge on any atom is -0.313 e. The summed E-state index contributed by atoms with van der Waals surface area (Å²) in [6.45, 7) is 4.98. The van der Waals surface area contributed by atoms with Gasteiger partial charge in [0.25, 0.3) is 0 Å². The van der Waals surface area contributed by atoms with Crippen LogP contribution in [0.3, 0.4) is 0 Å². The van der Waals surface area contributed by atoms with Crippen LogP contribution in [-0.4, -0.2) is 16.3 Å². The second kappa shape index (κ2) is 7.90. The van der Waals surface area contributed by atoms with Gasteiger partial charge >= 0.3 is 0 Å². The van der Waals surface area contributed by atoms with Crippen LogP contribution in [0.4, 0.5) is 0 Å². The third kappa shape index (κ3) is 4.51. The summed E-state index contributed by atoms with van der Waals surface area (Å²) in [6.07, 6.45) is 5.21. The normalized spacial score (nSPS) is 10.1. The molecule has 0 saturated heterocycles. The van der Waals surface area contributed by atoms with E-state index in [1.54, 1.807) is 0 Å². The van der Waals surface area contributed by atoms with Gasteiger partial charge in [0, 0.05) is 18.3 Å². The smallest absolute Gasteiger partial charge is 0.0659 e. The SMILES string of the molecule is CCCNCc1cnn(Cc2ccccc2)c1.Cl. The first-order valence-corrected chi connectivity index (χ1v) is 6.14. The lowest BCUT2D eigenvalue weighted by atomic mass is 10.2. The van der Waals surface area contributed by atoms with E-state index in [1.165, 1.54) is 11.1 Å². The van der Waals surface area contributed by atoms with E-state index in [4.69, 9.17) is 0 Å². The number of nitrogens with zero attached hydrogens (tertiary/aromatic N) is 2. The first-order valence-electron chi connectivity index (χ1n) is 6.14. The largest absolute Gasteiger partial charge is 0.313 e. The van der Waals surface area contributed by atoms with Crippen molar-refractivity contribution in [2.24, 2.45) is 0 Å². The molecule has 0 aliphatic rings. The molecule has 2 rings (SSSR count). The molecule has 0 aliphatic heterocycles. The van der Waals surface area contributed by atoms with Crippen molar-refractivity contribution < 1.29 is 0 Å². The predicted molar refractivity (Wildman–Crippen MR) is 77.0 cm³/mol. The zero-order valence-corrected chi connectivity index (χ0v) is 11.5. The summed E-state index contributed by atoms with van der Waals surface area (Å²) in [6, 6.07) is 10.4. The third-order valence-corrected chi connectivity index (χ3v) is 2.63. The van der Waals surface area contributed by atoms with Crippen LogP contribution in [0.15, 0.2) is 42.7 Å². The van der Waals surface area contributed by atoms with Crippen LogP contribution < -0.4 is 5.32 Å². The van der Waals surface area contributed by atoms with E-state index in [0.717, 1.165) is 26.1 Å². The molecule has 98 valence electrons. The predicted octanol–water partition coefficient (Wildman–Crippen LogP) is 2.85. The summed E-state index contributed by atoms with van der Waals surface area (Å²) in [5.74, 6) is 0. The van der Waals surface area contributed by atoms with Crippen molar-refractivity contribution in [1.82, 2.24) is 15.1 Å². The van der Waals surface area contributed by atoms with Crippen LogP contribution >= 0.6 is 12.4 Å². The molecule has 2 aromatic rings. The molecule has 1 heterocycles. The van der Waals surface area contributed by atoms with Crippen molar-refractivity contribution in [3.8, 4) is 0 Å². The molecule has 0 saturated carbocycles.